The molecule has 2 aromatic carbocycles. The average Bonchev–Trinajstić information content (AvgIpc) is 2.54. The Bertz CT molecular complexity index is 815. The van der Waals surface area contributed by atoms with E-state index in [9.17, 15) is 0 Å². The van der Waals surface area contributed by atoms with Crippen molar-refractivity contribution in [1.82, 2.24) is 9.97 Å². The lowest BCUT2D eigenvalue weighted by atomic mass is 10.1. The van der Waals surface area contributed by atoms with Crippen LogP contribution in [-0.2, 0) is 0 Å². The van der Waals surface area contributed by atoms with Crippen molar-refractivity contribution in [1.29, 1.82) is 0 Å². The Balaban J connectivity index is 2.15. The second-order valence-corrected chi connectivity index (χ2v) is 5.07. The Kier molecular flexibility index (Phi) is 3.74. The molecule has 0 spiro atoms. The zero-order valence-corrected chi connectivity index (χ0v) is 12.6. The molecular weight excluding hydrogens is 274 g/mol. The molecule has 0 unspecified atom stereocenters. The number of aromatic nitrogens is 2. The molecule has 22 heavy (non-hydrogen) atoms. The predicted molar refractivity (Wildman–Crippen MR) is 88.6 cm³/mol. The summed E-state index contributed by atoms with van der Waals surface area (Å²) in [5.74, 6) is 1.01. The Morgan fingerprint density at radius 1 is 0.909 bits per heavy atom. The van der Waals surface area contributed by atoms with E-state index in [4.69, 9.17) is 10.5 Å². The van der Waals surface area contributed by atoms with Crippen molar-refractivity contribution in [3.63, 3.8) is 0 Å². The molecule has 0 saturated carbocycles. The molecule has 4 nitrogen and oxygen atoms in total. The Labute approximate surface area is 129 Å². The second-order valence-electron chi connectivity index (χ2n) is 5.07. The van der Waals surface area contributed by atoms with Crippen molar-refractivity contribution < 1.29 is 4.74 Å². The Hall–Kier alpha value is -2.88. The number of nitrogens with two attached hydrogens (primary N) is 1. The molecule has 0 amide bonds. The van der Waals surface area contributed by atoms with Gasteiger partial charge in [0, 0.05) is 11.1 Å². The fourth-order valence-corrected chi connectivity index (χ4v) is 2.41. The van der Waals surface area contributed by atoms with Crippen LogP contribution in [0.4, 0.5) is 5.95 Å². The molecule has 1 heterocycles. The SMILES string of the molecule is COc1ccccc1-c1cc(-c2cccc(C)c2)nc(N)n1. The van der Waals surface area contributed by atoms with E-state index in [2.05, 4.69) is 29.0 Å². The van der Waals surface area contributed by atoms with Crippen LogP contribution < -0.4 is 10.5 Å². The first-order valence-corrected chi connectivity index (χ1v) is 7.02. The fraction of sp³-hybridized carbons (Fsp3) is 0.111. The standard InChI is InChI=1S/C18H17N3O/c1-12-6-5-7-13(10-12)15-11-16(21-18(19)20-15)14-8-3-4-9-17(14)22-2/h3-11H,1-2H3,(H2,19,20,21). The zero-order valence-electron chi connectivity index (χ0n) is 12.6. The molecule has 4 heteroatoms. The number of para-hydroxylation sites is 1. The molecule has 0 bridgehead atoms. The van der Waals surface area contributed by atoms with Gasteiger partial charge in [-0.05, 0) is 31.2 Å². The summed E-state index contributed by atoms with van der Waals surface area (Å²) in [5, 5.41) is 0. The molecule has 3 aromatic rings. The van der Waals surface area contributed by atoms with Crippen LogP contribution in [0.25, 0.3) is 22.5 Å². The first-order valence-electron chi connectivity index (χ1n) is 7.02. The van der Waals surface area contributed by atoms with Gasteiger partial charge in [-0.15, -0.1) is 0 Å². The molecule has 0 radical (unpaired) electrons. The highest BCUT2D eigenvalue weighted by atomic mass is 16.5. The summed E-state index contributed by atoms with van der Waals surface area (Å²) in [5.41, 5.74) is 10.5. The minimum atomic E-state index is 0.250. The molecule has 0 aliphatic heterocycles. The van der Waals surface area contributed by atoms with Crippen LogP contribution in [-0.4, -0.2) is 17.1 Å². The van der Waals surface area contributed by atoms with Crippen LogP contribution in [0.1, 0.15) is 5.56 Å². The third-order valence-electron chi connectivity index (χ3n) is 3.44. The van der Waals surface area contributed by atoms with Gasteiger partial charge < -0.3 is 10.5 Å². The van der Waals surface area contributed by atoms with E-state index in [0.717, 1.165) is 28.3 Å². The van der Waals surface area contributed by atoms with Crippen molar-refractivity contribution in [2.24, 2.45) is 0 Å². The lowest BCUT2D eigenvalue weighted by Crippen LogP contribution is -1.99. The normalized spacial score (nSPS) is 10.5. The van der Waals surface area contributed by atoms with Gasteiger partial charge in [0.15, 0.2) is 0 Å². The molecule has 1 aromatic heterocycles. The van der Waals surface area contributed by atoms with Gasteiger partial charge in [-0.2, -0.15) is 0 Å². The van der Waals surface area contributed by atoms with Gasteiger partial charge in [-0.3, -0.25) is 0 Å². The maximum atomic E-state index is 5.90. The minimum absolute atomic E-state index is 0.250. The number of rotatable bonds is 3. The van der Waals surface area contributed by atoms with Gasteiger partial charge in [-0.1, -0.05) is 35.9 Å². The highest BCUT2D eigenvalue weighted by Crippen LogP contribution is 2.31. The highest BCUT2D eigenvalue weighted by Gasteiger charge is 2.10. The van der Waals surface area contributed by atoms with Gasteiger partial charge >= 0.3 is 0 Å². The third kappa shape index (κ3) is 2.76. The predicted octanol–water partition coefficient (Wildman–Crippen LogP) is 3.71. The lowest BCUT2D eigenvalue weighted by Gasteiger charge is -2.10. The molecule has 2 N–H and O–H groups in total. The molecule has 110 valence electrons. The summed E-state index contributed by atoms with van der Waals surface area (Å²) in [4.78, 5) is 8.70. The number of methoxy groups -OCH3 is 1. The van der Waals surface area contributed by atoms with Crippen molar-refractivity contribution in [2.45, 2.75) is 6.92 Å². The van der Waals surface area contributed by atoms with Crippen molar-refractivity contribution >= 4 is 5.95 Å². The smallest absolute Gasteiger partial charge is 0.221 e. The number of benzene rings is 2. The summed E-state index contributed by atoms with van der Waals surface area (Å²) in [6, 6.07) is 17.8. The van der Waals surface area contributed by atoms with Crippen molar-refractivity contribution in [3.8, 4) is 28.3 Å². The minimum Gasteiger partial charge on any atom is -0.496 e. The van der Waals surface area contributed by atoms with E-state index in [-0.39, 0.29) is 5.95 Å². The van der Waals surface area contributed by atoms with Gasteiger partial charge in [0.05, 0.1) is 18.5 Å². The van der Waals surface area contributed by atoms with Crippen LogP contribution in [0.3, 0.4) is 0 Å². The van der Waals surface area contributed by atoms with Crippen molar-refractivity contribution in [3.05, 3.63) is 60.2 Å². The summed E-state index contributed by atoms with van der Waals surface area (Å²) >= 11 is 0. The van der Waals surface area contributed by atoms with E-state index in [1.54, 1.807) is 7.11 Å². The summed E-state index contributed by atoms with van der Waals surface area (Å²) in [6.07, 6.45) is 0. The van der Waals surface area contributed by atoms with E-state index in [0.29, 0.717) is 0 Å². The quantitative estimate of drug-likeness (QED) is 0.799. The van der Waals surface area contributed by atoms with Crippen LogP contribution in [0, 0.1) is 6.92 Å². The Morgan fingerprint density at radius 3 is 2.45 bits per heavy atom. The topological polar surface area (TPSA) is 61.0 Å². The maximum Gasteiger partial charge on any atom is 0.221 e. The maximum absolute atomic E-state index is 5.90. The second kappa shape index (κ2) is 5.85. The van der Waals surface area contributed by atoms with E-state index >= 15 is 0 Å². The van der Waals surface area contributed by atoms with Gasteiger partial charge in [0.1, 0.15) is 5.75 Å². The summed E-state index contributed by atoms with van der Waals surface area (Å²) in [6.45, 7) is 2.05. The Morgan fingerprint density at radius 2 is 1.68 bits per heavy atom. The number of nitrogen functional groups attached to an aromatic ring is 1. The largest absolute Gasteiger partial charge is 0.496 e. The monoisotopic (exact) mass is 291 g/mol. The van der Waals surface area contributed by atoms with E-state index < -0.39 is 0 Å². The summed E-state index contributed by atoms with van der Waals surface area (Å²) < 4.78 is 5.40. The molecule has 0 fully saturated rings. The number of hydrogen-bond donors (Lipinski definition) is 1. The first kappa shape index (κ1) is 14.1. The highest BCUT2D eigenvalue weighted by molar-refractivity contribution is 5.73. The number of anilines is 1. The fourth-order valence-electron chi connectivity index (χ4n) is 2.41. The van der Waals surface area contributed by atoms with Crippen LogP contribution in [0.2, 0.25) is 0 Å². The zero-order chi connectivity index (χ0) is 15.5. The van der Waals surface area contributed by atoms with Crippen LogP contribution >= 0.6 is 0 Å². The van der Waals surface area contributed by atoms with Crippen molar-refractivity contribution in [2.75, 3.05) is 12.8 Å². The molecule has 0 aliphatic carbocycles. The molecule has 0 saturated heterocycles. The van der Waals surface area contributed by atoms with Crippen LogP contribution in [0.5, 0.6) is 5.75 Å². The molecular formula is C18H17N3O. The van der Waals surface area contributed by atoms with Gasteiger partial charge in [0.25, 0.3) is 0 Å². The number of aryl methyl sites for hydroxylation is 1. The van der Waals surface area contributed by atoms with Gasteiger partial charge in [0.2, 0.25) is 5.95 Å². The van der Waals surface area contributed by atoms with E-state index in [1.165, 1.54) is 5.56 Å². The third-order valence-corrected chi connectivity index (χ3v) is 3.44. The molecule has 0 aliphatic rings. The average molecular weight is 291 g/mol. The number of nitrogens with zero attached hydrogens (tertiary/aromatic N) is 2. The van der Waals surface area contributed by atoms with Gasteiger partial charge in [-0.25, -0.2) is 9.97 Å². The molecule has 0 atom stereocenters. The van der Waals surface area contributed by atoms with Crippen LogP contribution in [0.15, 0.2) is 54.6 Å². The number of hydrogen-bond acceptors (Lipinski definition) is 4. The summed E-state index contributed by atoms with van der Waals surface area (Å²) in [7, 11) is 1.64. The lowest BCUT2D eigenvalue weighted by molar-refractivity contribution is 0.416. The van der Waals surface area contributed by atoms with E-state index in [1.807, 2.05) is 42.5 Å². The number of ether oxygens (including phenoxy) is 1. The molecule has 3 rings (SSSR count). The first-order chi connectivity index (χ1) is 10.7.